The van der Waals surface area contributed by atoms with E-state index in [1.54, 1.807) is 24.5 Å². The van der Waals surface area contributed by atoms with E-state index >= 15 is 0 Å². The summed E-state index contributed by atoms with van der Waals surface area (Å²) in [6.07, 6.45) is -8.20. The number of aliphatic hydroxyl groups is 6. The summed E-state index contributed by atoms with van der Waals surface area (Å²) in [5.74, 6) is -6.57. The average Bonchev–Trinajstić information content (AvgIpc) is 3.22. The third-order valence-corrected chi connectivity index (χ3v) is 11.9. The molecule has 0 radical (unpaired) electrons. The molecule has 27 nitrogen and oxygen atoms in total. The van der Waals surface area contributed by atoms with Crippen LogP contribution in [0, 0.1) is 5.92 Å². The number of carboxylic acid groups (broad SMARTS) is 6. The molecule has 2 fully saturated rings. The standard InChI is InChI=1S/C40H75N9O18/c1-29(39(65)33(54)28-50)32(53)22-48(21-31(52)19-42-4-7-45(25-36(59)60)12-13-47(27-38(63)64)15-17-49(16-14-42)40(66)67)20-30(51)18-41-2-5-43(23-34(55)56)8-10-46(26-37(61)62)11-9-44(6-3-41)24-35(57)58/h29-33,39,50-54,65H,2-28H2,1H3,(H,55,56)(H,57,58)(H,59,60)(H,61,62)(H,63,64)(H,66,67). The van der Waals surface area contributed by atoms with Crippen LogP contribution < -0.4 is 0 Å². The van der Waals surface area contributed by atoms with Gasteiger partial charge in [0.15, 0.2) is 0 Å². The Kier molecular flexibility index (Phi) is 27.6. The normalized spacial score (nSPS) is 21.4. The van der Waals surface area contributed by atoms with Crippen molar-refractivity contribution in [1.29, 1.82) is 0 Å². The molecule has 27 heteroatoms. The van der Waals surface area contributed by atoms with Crippen LogP contribution in [0.4, 0.5) is 4.79 Å². The molecule has 2 rings (SSSR count). The first-order valence-corrected chi connectivity index (χ1v) is 22.4. The SMILES string of the molecule is CC(C(O)CN(CC(O)CN1CCN(CC(=O)O)CCN(CC(=O)O)CCN(CC(=O)O)CC1)CC(O)CN1CCN(CC(=O)O)CCN(CC(=O)O)CCN(C(=O)O)CC1)C(O)C(O)CO. The molecular weight excluding hydrogens is 894 g/mol. The number of carboxylic acids is 5. The molecule has 6 unspecified atom stereocenters. The monoisotopic (exact) mass is 970 g/mol. The van der Waals surface area contributed by atoms with Crippen molar-refractivity contribution in [2.45, 2.75) is 37.4 Å². The van der Waals surface area contributed by atoms with E-state index in [1.165, 1.54) is 16.7 Å². The maximum absolute atomic E-state index is 12.2. The number of amides is 1. The van der Waals surface area contributed by atoms with E-state index in [4.69, 9.17) is 0 Å². The molecule has 0 aliphatic carbocycles. The van der Waals surface area contributed by atoms with Gasteiger partial charge in [0, 0.05) is 143 Å². The minimum atomic E-state index is -1.58. The second-order valence-electron chi connectivity index (χ2n) is 17.4. The lowest BCUT2D eigenvalue weighted by atomic mass is 9.93. The van der Waals surface area contributed by atoms with Crippen molar-refractivity contribution in [2.75, 3.05) is 177 Å². The molecule has 0 saturated carbocycles. The van der Waals surface area contributed by atoms with Crippen LogP contribution >= 0.6 is 0 Å². The van der Waals surface area contributed by atoms with Gasteiger partial charge in [-0.15, -0.1) is 0 Å². The van der Waals surface area contributed by atoms with Crippen LogP contribution in [0.15, 0.2) is 0 Å². The molecule has 2 heterocycles. The first-order valence-electron chi connectivity index (χ1n) is 22.4. The van der Waals surface area contributed by atoms with E-state index in [1.807, 2.05) is 4.90 Å². The van der Waals surface area contributed by atoms with E-state index in [0.29, 0.717) is 0 Å². The van der Waals surface area contributed by atoms with Crippen LogP contribution in [0.1, 0.15) is 6.92 Å². The number of hydrogen-bond donors (Lipinski definition) is 12. The third kappa shape index (κ3) is 25.3. The maximum Gasteiger partial charge on any atom is 0.407 e. The van der Waals surface area contributed by atoms with Crippen molar-refractivity contribution in [3.8, 4) is 0 Å². The van der Waals surface area contributed by atoms with Crippen molar-refractivity contribution in [3.63, 3.8) is 0 Å². The summed E-state index contributed by atoms with van der Waals surface area (Å²) >= 11 is 0. The van der Waals surface area contributed by atoms with Gasteiger partial charge in [0.1, 0.15) is 6.10 Å². The van der Waals surface area contributed by atoms with Gasteiger partial charge in [-0.3, -0.25) is 63.2 Å². The zero-order valence-corrected chi connectivity index (χ0v) is 38.4. The Balaban J connectivity index is 2.37. The lowest BCUT2D eigenvalue weighted by Gasteiger charge is -2.36. The Morgan fingerprint density at radius 2 is 0.687 bits per heavy atom. The van der Waals surface area contributed by atoms with Crippen LogP contribution in [0.2, 0.25) is 0 Å². The molecule has 2 aliphatic rings. The van der Waals surface area contributed by atoms with E-state index in [-0.39, 0.29) is 170 Å². The van der Waals surface area contributed by atoms with Gasteiger partial charge in [-0.2, -0.15) is 0 Å². The zero-order chi connectivity index (χ0) is 50.2. The van der Waals surface area contributed by atoms with E-state index in [9.17, 15) is 90.0 Å². The summed E-state index contributed by atoms with van der Waals surface area (Å²) in [5.41, 5.74) is 0. The third-order valence-electron chi connectivity index (χ3n) is 11.9. The molecular formula is C40H75N9O18. The number of hydrogen-bond acceptors (Lipinski definition) is 20. The van der Waals surface area contributed by atoms with Crippen molar-refractivity contribution in [1.82, 2.24) is 44.1 Å². The second kappa shape index (κ2) is 31.2. The molecule has 0 bridgehead atoms. The first-order chi connectivity index (χ1) is 31.5. The van der Waals surface area contributed by atoms with Gasteiger partial charge in [0.2, 0.25) is 0 Å². The van der Waals surface area contributed by atoms with Crippen LogP contribution in [0.5, 0.6) is 0 Å². The Morgan fingerprint density at radius 1 is 0.418 bits per heavy atom. The molecule has 0 spiro atoms. The summed E-state index contributed by atoms with van der Waals surface area (Å²) in [4.78, 5) is 84.7. The van der Waals surface area contributed by atoms with Crippen LogP contribution in [-0.2, 0) is 24.0 Å². The van der Waals surface area contributed by atoms with E-state index in [0.717, 1.165) is 4.90 Å². The highest BCUT2D eigenvalue weighted by Crippen LogP contribution is 2.15. The highest BCUT2D eigenvalue weighted by atomic mass is 16.4. The summed E-state index contributed by atoms with van der Waals surface area (Å²) in [5, 5.41) is 122. The topological polar surface area (TPSA) is 374 Å². The van der Waals surface area contributed by atoms with Crippen molar-refractivity contribution in [2.24, 2.45) is 5.92 Å². The highest BCUT2D eigenvalue weighted by Gasteiger charge is 2.31. The van der Waals surface area contributed by atoms with Crippen molar-refractivity contribution >= 4 is 35.9 Å². The molecule has 0 aromatic heterocycles. The first kappa shape index (κ1) is 59.2. The van der Waals surface area contributed by atoms with Gasteiger partial charge < -0.3 is 66.2 Å². The summed E-state index contributed by atoms with van der Waals surface area (Å²) in [7, 11) is 0. The van der Waals surface area contributed by atoms with E-state index in [2.05, 4.69) is 0 Å². The van der Waals surface area contributed by atoms with Gasteiger partial charge in [0.05, 0.1) is 63.7 Å². The lowest BCUT2D eigenvalue weighted by molar-refractivity contribution is -0.140. The highest BCUT2D eigenvalue weighted by molar-refractivity contribution is 5.70. The molecule has 0 aromatic carbocycles. The van der Waals surface area contributed by atoms with Gasteiger partial charge >= 0.3 is 35.9 Å². The summed E-state index contributed by atoms with van der Waals surface area (Å²) < 4.78 is 0. The largest absolute Gasteiger partial charge is 0.480 e. The number of rotatable bonds is 24. The zero-order valence-electron chi connectivity index (χ0n) is 38.4. The molecule has 6 atom stereocenters. The number of β-amino-alcohol motifs (C(OH)–C–C–N with tert-alkyl or cyclic N) is 2. The van der Waals surface area contributed by atoms with Crippen LogP contribution in [0.25, 0.3) is 0 Å². The van der Waals surface area contributed by atoms with Crippen molar-refractivity contribution in [3.05, 3.63) is 0 Å². The molecule has 12 N–H and O–H groups in total. The smallest absolute Gasteiger partial charge is 0.407 e. The number of aliphatic carboxylic acids is 5. The minimum Gasteiger partial charge on any atom is -0.480 e. The fourth-order valence-electron chi connectivity index (χ4n) is 8.07. The Morgan fingerprint density at radius 3 is 0.955 bits per heavy atom. The summed E-state index contributed by atoms with van der Waals surface area (Å²) in [6.45, 7) is 0.277. The molecule has 1 amide bonds. The predicted octanol–water partition coefficient (Wildman–Crippen LogP) is -6.73. The maximum atomic E-state index is 12.2. The minimum absolute atomic E-state index is 0.0441. The molecule has 388 valence electrons. The quantitative estimate of drug-likeness (QED) is 0.0428. The molecule has 2 saturated heterocycles. The number of nitrogens with zero attached hydrogens (tertiary/aromatic N) is 9. The van der Waals surface area contributed by atoms with E-state index < -0.39 is 79.0 Å². The Labute approximate surface area is 389 Å². The molecule has 0 aromatic rings. The second-order valence-corrected chi connectivity index (χ2v) is 17.4. The Bertz CT molecular complexity index is 1490. The van der Waals surface area contributed by atoms with Crippen molar-refractivity contribution < 1.29 is 90.0 Å². The predicted molar refractivity (Wildman–Crippen MR) is 236 cm³/mol. The fourth-order valence-corrected chi connectivity index (χ4v) is 8.07. The number of carbonyl (C=O) groups is 6. The lowest BCUT2D eigenvalue weighted by Crippen LogP contribution is -2.52. The van der Waals surface area contributed by atoms with Gasteiger partial charge in [-0.25, -0.2) is 4.79 Å². The number of aliphatic hydroxyl groups excluding tert-OH is 6. The van der Waals surface area contributed by atoms with Crippen LogP contribution in [0.3, 0.4) is 0 Å². The Hall–Kier alpha value is -3.94. The van der Waals surface area contributed by atoms with Gasteiger partial charge in [-0.1, -0.05) is 6.92 Å². The molecule has 67 heavy (non-hydrogen) atoms. The van der Waals surface area contributed by atoms with Crippen LogP contribution in [-0.4, -0.2) is 349 Å². The fraction of sp³-hybridized carbons (Fsp3) is 0.850. The van der Waals surface area contributed by atoms with Gasteiger partial charge in [-0.05, 0) is 0 Å². The van der Waals surface area contributed by atoms with Gasteiger partial charge in [0.25, 0.3) is 0 Å². The molecule has 2 aliphatic heterocycles. The average molecular weight is 970 g/mol. The summed E-state index contributed by atoms with van der Waals surface area (Å²) in [6, 6.07) is 0.